The van der Waals surface area contributed by atoms with E-state index in [1.807, 2.05) is 83.3 Å². The van der Waals surface area contributed by atoms with Crippen LogP contribution in [0, 0.1) is 0 Å². The summed E-state index contributed by atoms with van der Waals surface area (Å²) in [7, 11) is 0. The average Bonchev–Trinajstić information content (AvgIpc) is 2.71. The van der Waals surface area contributed by atoms with Crippen molar-refractivity contribution in [2.24, 2.45) is 0 Å². The first-order chi connectivity index (χ1) is 13.1. The smallest absolute Gasteiger partial charge is 0.408 e. The third-order valence-electron chi connectivity index (χ3n) is 3.55. The fourth-order valence-electron chi connectivity index (χ4n) is 2.22. The molecule has 0 fully saturated rings. The number of alkyl carbamates (subject to hydrolysis) is 1. The van der Waals surface area contributed by atoms with Crippen molar-refractivity contribution in [3.05, 3.63) is 71.8 Å². The number of nitrogens with one attached hydrogen (secondary N) is 3. The van der Waals surface area contributed by atoms with Gasteiger partial charge in [0.15, 0.2) is 0 Å². The van der Waals surface area contributed by atoms with E-state index in [0.29, 0.717) is 0 Å². The molecular formula is C19H20IN3O4. The number of hydrogen-bond donors (Lipinski definition) is 3. The molecule has 0 heterocycles. The van der Waals surface area contributed by atoms with E-state index in [-0.39, 0.29) is 23.4 Å². The highest BCUT2D eigenvalue weighted by Gasteiger charge is 2.22. The summed E-state index contributed by atoms with van der Waals surface area (Å²) in [5.74, 6) is -0.872. The van der Waals surface area contributed by atoms with Gasteiger partial charge in [-0.15, -0.1) is 0 Å². The third-order valence-corrected chi connectivity index (χ3v) is 4.24. The molecule has 0 bridgehead atoms. The van der Waals surface area contributed by atoms with Crippen molar-refractivity contribution in [1.82, 2.24) is 16.2 Å². The Morgan fingerprint density at radius 1 is 0.889 bits per heavy atom. The SMILES string of the molecule is O=C(CI)NNC(=O)[C@H](Cc1ccccc1)NC(=O)OCc1ccccc1. The molecule has 0 unspecified atom stereocenters. The number of alkyl halides is 1. The molecule has 3 amide bonds. The summed E-state index contributed by atoms with van der Waals surface area (Å²) in [5.41, 5.74) is 6.31. The quantitative estimate of drug-likeness (QED) is 0.321. The number of carbonyl (C=O) groups excluding carboxylic acids is 3. The summed E-state index contributed by atoms with van der Waals surface area (Å²) in [6, 6.07) is 17.6. The summed E-state index contributed by atoms with van der Waals surface area (Å²) in [5, 5.41) is 2.55. The van der Waals surface area contributed by atoms with Gasteiger partial charge in [-0.05, 0) is 11.1 Å². The first kappa shape index (κ1) is 20.7. The van der Waals surface area contributed by atoms with E-state index in [0.717, 1.165) is 11.1 Å². The van der Waals surface area contributed by atoms with Crippen LogP contribution in [0.15, 0.2) is 60.7 Å². The van der Waals surface area contributed by atoms with Crippen LogP contribution < -0.4 is 16.2 Å². The molecule has 0 saturated heterocycles. The van der Waals surface area contributed by atoms with Crippen LogP contribution in [0.1, 0.15) is 11.1 Å². The Balaban J connectivity index is 1.96. The number of hydrazine groups is 1. The predicted octanol–water partition coefficient (Wildman–Crippen LogP) is 2.11. The maximum Gasteiger partial charge on any atom is 0.408 e. The van der Waals surface area contributed by atoms with Crippen LogP contribution in [0.5, 0.6) is 0 Å². The normalized spacial score (nSPS) is 11.1. The number of benzene rings is 2. The molecule has 0 radical (unpaired) electrons. The second kappa shape index (κ2) is 11.2. The Bertz CT molecular complexity index is 756. The molecule has 3 N–H and O–H groups in total. The van der Waals surface area contributed by atoms with Crippen molar-refractivity contribution in [2.45, 2.75) is 19.1 Å². The van der Waals surface area contributed by atoms with Gasteiger partial charge in [0, 0.05) is 6.42 Å². The minimum Gasteiger partial charge on any atom is -0.445 e. The van der Waals surface area contributed by atoms with Crippen molar-refractivity contribution >= 4 is 40.5 Å². The molecule has 0 aliphatic carbocycles. The summed E-state index contributed by atoms with van der Waals surface area (Å²) < 4.78 is 5.38. The van der Waals surface area contributed by atoms with Crippen LogP contribution >= 0.6 is 22.6 Å². The Kier molecular flexibility index (Phi) is 8.56. The first-order valence-corrected chi connectivity index (χ1v) is 9.77. The fourth-order valence-corrected chi connectivity index (χ4v) is 2.41. The van der Waals surface area contributed by atoms with Gasteiger partial charge in [0.2, 0.25) is 5.91 Å². The number of amides is 3. The number of halogens is 1. The van der Waals surface area contributed by atoms with Crippen molar-refractivity contribution in [2.75, 3.05) is 4.43 Å². The second-order valence-electron chi connectivity index (χ2n) is 5.62. The van der Waals surface area contributed by atoms with E-state index < -0.39 is 18.0 Å². The summed E-state index contributed by atoms with van der Waals surface area (Å²) in [6.45, 7) is 0.0952. The molecule has 2 rings (SSSR count). The summed E-state index contributed by atoms with van der Waals surface area (Å²) in [4.78, 5) is 35.8. The lowest BCUT2D eigenvalue weighted by molar-refractivity contribution is -0.128. The maximum absolute atomic E-state index is 12.4. The van der Waals surface area contributed by atoms with Crippen LogP contribution in [-0.4, -0.2) is 28.4 Å². The van der Waals surface area contributed by atoms with Crippen molar-refractivity contribution in [3.8, 4) is 0 Å². The zero-order valence-electron chi connectivity index (χ0n) is 14.5. The van der Waals surface area contributed by atoms with Crippen LogP contribution in [0.4, 0.5) is 4.79 Å². The number of hydrogen-bond acceptors (Lipinski definition) is 4. The van der Waals surface area contributed by atoms with Crippen LogP contribution in [-0.2, 0) is 27.4 Å². The third kappa shape index (κ3) is 7.65. The van der Waals surface area contributed by atoms with E-state index in [2.05, 4.69) is 16.2 Å². The standard InChI is InChI=1S/C19H20IN3O4/c20-12-17(24)22-23-18(25)16(11-14-7-3-1-4-8-14)21-19(26)27-13-15-9-5-2-6-10-15/h1-10,16H,11-13H2,(H,21,26)(H,22,24)(H,23,25)/t16-/m0/s1. The van der Waals surface area contributed by atoms with Gasteiger partial charge < -0.3 is 10.1 Å². The fraction of sp³-hybridized carbons (Fsp3) is 0.211. The van der Waals surface area contributed by atoms with E-state index in [4.69, 9.17) is 4.74 Å². The molecule has 1 atom stereocenters. The monoisotopic (exact) mass is 481 g/mol. The largest absolute Gasteiger partial charge is 0.445 e. The first-order valence-electron chi connectivity index (χ1n) is 8.24. The lowest BCUT2D eigenvalue weighted by Gasteiger charge is -2.18. The maximum atomic E-state index is 12.4. The van der Waals surface area contributed by atoms with Gasteiger partial charge in [0.1, 0.15) is 12.6 Å². The van der Waals surface area contributed by atoms with Crippen molar-refractivity contribution in [3.63, 3.8) is 0 Å². The molecule has 0 aliphatic rings. The van der Waals surface area contributed by atoms with Crippen molar-refractivity contribution in [1.29, 1.82) is 0 Å². The van der Waals surface area contributed by atoms with Gasteiger partial charge in [-0.2, -0.15) is 0 Å². The zero-order valence-corrected chi connectivity index (χ0v) is 16.6. The van der Waals surface area contributed by atoms with Crippen molar-refractivity contribution < 1.29 is 19.1 Å². The molecule has 0 aliphatic heterocycles. The molecule has 27 heavy (non-hydrogen) atoms. The molecule has 2 aromatic carbocycles. The van der Waals surface area contributed by atoms with Gasteiger partial charge >= 0.3 is 6.09 Å². The molecular weight excluding hydrogens is 461 g/mol. The number of carbonyl (C=O) groups is 3. The zero-order chi connectivity index (χ0) is 19.5. The van der Waals surface area contributed by atoms with E-state index >= 15 is 0 Å². The Morgan fingerprint density at radius 3 is 2.07 bits per heavy atom. The van der Waals surface area contributed by atoms with Gasteiger partial charge in [-0.1, -0.05) is 83.3 Å². The van der Waals surface area contributed by atoms with Gasteiger partial charge in [-0.25, -0.2) is 4.79 Å². The minimum atomic E-state index is -0.898. The second-order valence-corrected chi connectivity index (χ2v) is 6.38. The Labute approximate surface area is 171 Å². The van der Waals surface area contributed by atoms with Gasteiger partial charge in [0.25, 0.3) is 5.91 Å². The highest BCUT2D eigenvalue weighted by Crippen LogP contribution is 2.05. The molecule has 0 saturated carbocycles. The minimum absolute atomic E-state index is 0.0952. The molecule has 0 spiro atoms. The Morgan fingerprint density at radius 2 is 1.48 bits per heavy atom. The molecule has 2 aromatic rings. The average molecular weight is 481 g/mol. The number of rotatable bonds is 7. The van der Waals surface area contributed by atoms with Crippen LogP contribution in [0.25, 0.3) is 0 Å². The summed E-state index contributed by atoms with van der Waals surface area (Å²) in [6.07, 6.45) is -0.456. The topological polar surface area (TPSA) is 96.5 Å². The lowest BCUT2D eigenvalue weighted by atomic mass is 10.1. The highest BCUT2D eigenvalue weighted by molar-refractivity contribution is 14.1. The van der Waals surface area contributed by atoms with E-state index in [9.17, 15) is 14.4 Å². The number of ether oxygens (including phenoxy) is 1. The van der Waals surface area contributed by atoms with Crippen LogP contribution in [0.3, 0.4) is 0 Å². The highest BCUT2D eigenvalue weighted by atomic mass is 127. The molecule has 0 aromatic heterocycles. The molecule has 8 heteroatoms. The molecule has 142 valence electrons. The predicted molar refractivity (Wildman–Crippen MR) is 109 cm³/mol. The van der Waals surface area contributed by atoms with E-state index in [1.54, 1.807) is 0 Å². The van der Waals surface area contributed by atoms with E-state index in [1.165, 1.54) is 0 Å². The Hall–Kier alpha value is -2.62. The van der Waals surface area contributed by atoms with Gasteiger partial charge in [0.05, 0.1) is 4.43 Å². The summed E-state index contributed by atoms with van der Waals surface area (Å²) >= 11 is 1.88. The van der Waals surface area contributed by atoms with Gasteiger partial charge in [-0.3, -0.25) is 20.4 Å². The molecule has 7 nitrogen and oxygen atoms in total. The van der Waals surface area contributed by atoms with Crippen LogP contribution in [0.2, 0.25) is 0 Å². The lowest BCUT2D eigenvalue weighted by Crippen LogP contribution is -2.53.